The minimum Gasteiger partial charge on any atom is -0.321 e. The Bertz CT molecular complexity index is 1140. The lowest BCUT2D eigenvalue weighted by atomic mass is 10.1. The molecule has 0 fully saturated rings. The van der Waals surface area contributed by atoms with Crippen molar-refractivity contribution >= 4 is 22.6 Å². The van der Waals surface area contributed by atoms with Gasteiger partial charge in [0.05, 0.1) is 5.69 Å². The van der Waals surface area contributed by atoms with Crippen LogP contribution in [0, 0.1) is 6.92 Å². The fourth-order valence-electron chi connectivity index (χ4n) is 3.06. The third-order valence-corrected chi connectivity index (χ3v) is 4.62. The Labute approximate surface area is 156 Å². The maximum Gasteiger partial charge on any atom is 0.332 e. The Hall–Kier alpha value is -3.22. The number of hydrogen-bond donors (Lipinski definition) is 1. The van der Waals surface area contributed by atoms with Gasteiger partial charge in [-0.05, 0) is 31.0 Å². The molecule has 1 N–H and O–H groups in total. The number of carbonyl (C=O) groups is 1. The first-order chi connectivity index (χ1) is 12.8. The molecule has 7 heteroatoms. The van der Waals surface area contributed by atoms with Crippen LogP contribution >= 0.6 is 0 Å². The lowest BCUT2D eigenvalue weighted by Gasteiger charge is -2.15. The van der Waals surface area contributed by atoms with Crippen molar-refractivity contribution in [3.63, 3.8) is 0 Å². The number of rotatable bonds is 4. The molecule has 27 heavy (non-hydrogen) atoms. The van der Waals surface area contributed by atoms with Crippen molar-refractivity contribution in [1.82, 2.24) is 14.1 Å². The SMILES string of the molecule is CCCc1cnc2c(c1NC(=O)c1ccc(C)cc1)c(=O)n(C)c(=O)n2C. The van der Waals surface area contributed by atoms with Crippen molar-refractivity contribution in [3.8, 4) is 0 Å². The van der Waals surface area contributed by atoms with Crippen molar-refractivity contribution in [2.45, 2.75) is 26.7 Å². The topological polar surface area (TPSA) is 86.0 Å². The number of amides is 1. The number of aryl methyl sites for hydroxylation is 3. The molecule has 0 unspecified atom stereocenters. The molecule has 0 aliphatic carbocycles. The Balaban J connectivity index is 2.24. The average molecular weight is 366 g/mol. The summed E-state index contributed by atoms with van der Waals surface area (Å²) in [6, 6.07) is 7.19. The molecule has 0 saturated heterocycles. The van der Waals surface area contributed by atoms with Gasteiger partial charge in [-0.1, -0.05) is 31.0 Å². The molecule has 2 aromatic heterocycles. The number of anilines is 1. The fourth-order valence-corrected chi connectivity index (χ4v) is 3.06. The van der Waals surface area contributed by atoms with Crippen molar-refractivity contribution in [2.24, 2.45) is 14.1 Å². The molecular formula is C20H22N4O3. The van der Waals surface area contributed by atoms with Gasteiger partial charge in [-0.25, -0.2) is 9.78 Å². The van der Waals surface area contributed by atoms with E-state index >= 15 is 0 Å². The van der Waals surface area contributed by atoms with E-state index in [1.165, 1.54) is 11.6 Å². The van der Waals surface area contributed by atoms with Crippen molar-refractivity contribution in [1.29, 1.82) is 0 Å². The molecule has 1 amide bonds. The quantitative estimate of drug-likeness (QED) is 0.767. The van der Waals surface area contributed by atoms with Crippen molar-refractivity contribution in [2.75, 3.05) is 5.32 Å². The third-order valence-electron chi connectivity index (χ3n) is 4.62. The number of benzene rings is 1. The van der Waals surface area contributed by atoms with E-state index in [0.717, 1.165) is 22.1 Å². The molecule has 7 nitrogen and oxygen atoms in total. The normalized spacial score (nSPS) is 11.0. The fraction of sp³-hybridized carbons (Fsp3) is 0.300. The Morgan fingerprint density at radius 2 is 1.78 bits per heavy atom. The van der Waals surface area contributed by atoms with Gasteiger partial charge >= 0.3 is 5.69 Å². The molecule has 0 atom stereocenters. The molecule has 0 radical (unpaired) electrons. The molecule has 0 aliphatic heterocycles. The molecule has 3 rings (SSSR count). The van der Waals surface area contributed by atoms with Crippen LogP contribution in [-0.2, 0) is 20.5 Å². The number of pyridine rings is 1. The smallest absolute Gasteiger partial charge is 0.321 e. The van der Waals surface area contributed by atoms with Crippen LogP contribution in [0.2, 0.25) is 0 Å². The number of carbonyl (C=O) groups excluding carboxylic acids is 1. The van der Waals surface area contributed by atoms with Crippen LogP contribution in [0.1, 0.15) is 34.8 Å². The average Bonchev–Trinajstić information content (AvgIpc) is 2.66. The summed E-state index contributed by atoms with van der Waals surface area (Å²) in [5.74, 6) is -0.309. The molecule has 2 heterocycles. The highest BCUT2D eigenvalue weighted by molar-refractivity contribution is 6.08. The van der Waals surface area contributed by atoms with Gasteiger partial charge in [-0.3, -0.25) is 18.7 Å². The zero-order chi connectivity index (χ0) is 19.7. The van der Waals surface area contributed by atoms with Gasteiger partial charge < -0.3 is 5.32 Å². The lowest BCUT2D eigenvalue weighted by Crippen LogP contribution is -2.38. The summed E-state index contributed by atoms with van der Waals surface area (Å²) in [6.07, 6.45) is 3.10. The van der Waals surface area contributed by atoms with Crippen LogP contribution in [-0.4, -0.2) is 20.0 Å². The van der Waals surface area contributed by atoms with Gasteiger partial charge in [0.15, 0.2) is 5.65 Å². The number of hydrogen-bond acceptors (Lipinski definition) is 4. The first-order valence-corrected chi connectivity index (χ1v) is 8.80. The number of fused-ring (bicyclic) bond motifs is 1. The van der Waals surface area contributed by atoms with E-state index in [1.807, 2.05) is 26.0 Å². The maximum atomic E-state index is 12.8. The standard InChI is InChI=1S/C20H22N4O3/c1-5-6-14-11-21-17-15(19(26)24(4)20(27)23(17)3)16(14)22-18(25)13-9-7-12(2)8-10-13/h7-11H,5-6H2,1-4H3,(H,21,22,25). The highest BCUT2D eigenvalue weighted by atomic mass is 16.2. The van der Waals surface area contributed by atoms with E-state index in [4.69, 9.17) is 0 Å². The lowest BCUT2D eigenvalue weighted by molar-refractivity contribution is 0.102. The zero-order valence-corrected chi connectivity index (χ0v) is 15.9. The minimum atomic E-state index is -0.474. The van der Waals surface area contributed by atoms with E-state index in [9.17, 15) is 14.4 Å². The highest BCUT2D eigenvalue weighted by Gasteiger charge is 2.19. The van der Waals surface area contributed by atoms with E-state index in [1.54, 1.807) is 25.4 Å². The summed E-state index contributed by atoms with van der Waals surface area (Å²) < 4.78 is 2.34. The van der Waals surface area contributed by atoms with E-state index in [-0.39, 0.29) is 16.9 Å². The largest absolute Gasteiger partial charge is 0.332 e. The number of nitrogens with one attached hydrogen (secondary N) is 1. The Kier molecular flexibility index (Phi) is 4.94. The monoisotopic (exact) mass is 366 g/mol. The van der Waals surface area contributed by atoms with E-state index < -0.39 is 11.2 Å². The Morgan fingerprint density at radius 1 is 1.11 bits per heavy atom. The second kappa shape index (κ2) is 7.19. The number of nitrogens with zero attached hydrogens (tertiary/aromatic N) is 3. The van der Waals surface area contributed by atoms with Gasteiger partial charge in [0.1, 0.15) is 5.39 Å². The molecule has 0 spiro atoms. The van der Waals surface area contributed by atoms with Gasteiger partial charge in [-0.2, -0.15) is 0 Å². The van der Waals surface area contributed by atoms with Crippen LogP contribution in [0.3, 0.4) is 0 Å². The Morgan fingerprint density at radius 3 is 2.41 bits per heavy atom. The molecule has 3 aromatic rings. The first-order valence-electron chi connectivity index (χ1n) is 8.80. The second-order valence-electron chi connectivity index (χ2n) is 6.63. The molecule has 1 aromatic carbocycles. The van der Waals surface area contributed by atoms with Crippen LogP contribution < -0.4 is 16.6 Å². The zero-order valence-electron chi connectivity index (χ0n) is 15.9. The van der Waals surface area contributed by atoms with Gasteiger partial charge in [0, 0.05) is 25.9 Å². The first kappa shape index (κ1) is 18.6. The summed E-state index contributed by atoms with van der Waals surface area (Å²) in [6.45, 7) is 3.95. The summed E-state index contributed by atoms with van der Waals surface area (Å²) in [5, 5.41) is 3.12. The summed E-state index contributed by atoms with van der Waals surface area (Å²) in [5.41, 5.74) is 2.05. The van der Waals surface area contributed by atoms with Crippen molar-refractivity contribution < 1.29 is 4.79 Å². The predicted octanol–water partition coefficient (Wildman–Crippen LogP) is 2.15. The van der Waals surface area contributed by atoms with Crippen LogP contribution in [0.4, 0.5) is 5.69 Å². The third kappa shape index (κ3) is 3.28. The maximum absolute atomic E-state index is 12.8. The molecule has 0 saturated carbocycles. The molecule has 0 bridgehead atoms. The van der Waals surface area contributed by atoms with Gasteiger partial charge in [0.25, 0.3) is 11.5 Å². The van der Waals surface area contributed by atoms with Gasteiger partial charge in [-0.15, -0.1) is 0 Å². The summed E-state index contributed by atoms with van der Waals surface area (Å²) in [7, 11) is 2.98. The molecular weight excluding hydrogens is 344 g/mol. The van der Waals surface area contributed by atoms with E-state index in [2.05, 4.69) is 10.3 Å². The predicted molar refractivity (Wildman–Crippen MR) is 105 cm³/mol. The van der Waals surface area contributed by atoms with Crippen LogP contribution in [0.25, 0.3) is 11.0 Å². The van der Waals surface area contributed by atoms with Crippen LogP contribution in [0.5, 0.6) is 0 Å². The van der Waals surface area contributed by atoms with Crippen molar-refractivity contribution in [3.05, 3.63) is 68.0 Å². The van der Waals surface area contributed by atoms with E-state index in [0.29, 0.717) is 17.7 Å². The van der Waals surface area contributed by atoms with Gasteiger partial charge in [0.2, 0.25) is 0 Å². The van der Waals surface area contributed by atoms with Crippen LogP contribution in [0.15, 0.2) is 40.1 Å². The highest BCUT2D eigenvalue weighted by Crippen LogP contribution is 2.24. The molecule has 0 aliphatic rings. The molecule has 140 valence electrons. The number of aromatic nitrogens is 3. The second-order valence-corrected chi connectivity index (χ2v) is 6.63. The summed E-state index contributed by atoms with van der Waals surface area (Å²) in [4.78, 5) is 42.1. The summed E-state index contributed by atoms with van der Waals surface area (Å²) >= 11 is 0. The minimum absolute atomic E-state index is 0.242.